The van der Waals surface area contributed by atoms with Crippen molar-refractivity contribution in [1.82, 2.24) is 4.57 Å². The molecule has 3 heterocycles. The van der Waals surface area contributed by atoms with Gasteiger partial charge in [-0.3, -0.25) is 0 Å². The number of anilines is 6. The Morgan fingerprint density at radius 1 is 0.333 bits per heavy atom. The molecule has 12 rings (SSSR count). The molecule has 444 valence electrons. The summed E-state index contributed by atoms with van der Waals surface area (Å²) in [7, 11) is 0. The van der Waals surface area contributed by atoms with Crippen LogP contribution in [0, 0.1) is 0 Å². The SMILES string of the molecule is CC(C)(C)c1ccc(N(c2ccc(C(C)(C)C)cc2)c2cccc(N(c3ccc(C(C)(C)C)cc3)c3ccc(C(C)(C)C)cc3)c2-c2cc3c4c(c2)-n2c5ccc(C(C)(C)C)cc5c5cc(C(C)(C)C)cc(c52)B4c2cc(C(C)(C)C)ccc2O3)cc1. The molecule has 0 spiro atoms. The summed E-state index contributed by atoms with van der Waals surface area (Å²) in [5, 5.41) is 2.57. The Morgan fingerprint density at radius 2 is 0.701 bits per heavy atom. The van der Waals surface area contributed by atoms with E-state index in [4.69, 9.17) is 4.74 Å². The fourth-order valence-corrected chi connectivity index (χ4v) is 13.3. The summed E-state index contributed by atoms with van der Waals surface area (Å²) in [5.74, 6) is 1.79. The molecule has 0 fully saturated rings. The number of ether oxygens (including phenoxy) is 1. The maximum atomic E-state index is 7.59. The summed E-state index contributed by atoms with van der Waals surface area (Å²) in [6.45, 7) is 48.6. The molecule has 10 aromatic rings. The van der Waals surface area contributed by atoms with Crippen LogP contribution in [0.25, 0.3) is 38.6 Å². The molecule has 9 aromatic carbocycles. The van der Waals surface area contributed by atoms with E-state index < -0.39 is 0 Å². The monoisotopic (exact) mass is 1150 g/mol. The van der Waals surface area contributed by atoms with Gasteiger partial charge in [0.25, 0.3) is 6.71 Å². The molecule has 87 heavy (non-hydrogen) atoms. The number of aromatic nitrogens is 1. The van der Waals surface area contributed by atoms with Crippen molar-refractivity contribution in [3.63, 3.8) is 0 Å². The van der Waals surface area contributed by atoms with E-state index in [9.17, 15) is 0 Å². The number of hydrogen-bond donors (Lipinski definition) is 0. The van der Waals surface area contributed by atoms with Crippen LogP contribution in [0.15, 0.2) is 176 Å². The second-order valence-electron chi connectivity index (χ2n) is 32.5. The average Bonchev–Trinajstić information content (AvgIpc) is 1.63. The maximum absolute atomic E-state index is 7.59. The minimum atomic E-state index is -0.104. The molecular formula is C82H92BN3O. The van der Waals surface area contributed by atoms with Crippen molar-refractivity contribution < 1.29 is 4.74 Å². The Hall–Kier alpha value is -7.76. The molecular weight excluding hydrogens is 1050 g/mol. The molecule has 5 heteroatoms. The van der Waals surface area contributed by atoms with E-state index in [2.05, 4.69) is 336 Å². The van der Waals surface area contributed by atoms with Crippen molar-refractivity contribution >= 4 is 79.0 Å². The predicted molar refractivity (Wildman–Crippen MR) is 378 cm³/mol. The topological polar surface area (TPSA) is 20.6 Å². The van der Waals surface area contributed by atoms with Gasteiger partial charge in [-0.2, -0.15) is 0 Å². The second kappa shape index (κ2) is 20.4. The van der Waals surface area contributed by atoms with Crippen LogP contribution in [-0.4, -0.2) is 11.3 Å². The van der Waals surface area contributed by atoms with Crippen LogP contribution in [0.4, 0.5) is 34.1 Å². The first kappa shape index (κ1) is 59.6. The van der Waals surface area contributed by atoms with Gasteiger partial charge >= 0.3 is 0 Å². The summed E-state index contributed by atoms with van der Waals surface area (Å²) in [5.41, 5.74) is 24.7. The Morgan fingerprint density at radius 3 is 1.11 bits per heavy atom. The van der Waals surface area contributed by atoms with E-state index in [1.54, 1.807) is 0 Å². The highest BCUT2D eigenvalue weighted by atomic mass is 16.5. The Balaban J connectivity index is 1.24. The van der Waals surface area contributed by atoms with Crippen LogP contribution in [0.5, 0.6) is 11.5 Å². The smallest absolute Gasteiger partial charge is 0.256 e. The van der Waals surface area contributed by atoms with E-state index in [-0.39, 0.29) is 44.6 Å². The lowest BCUT2D eigenvalue weighted by molar-refractivity contribution is 0.486. The summed E-state index contributed by atoms with van der Waals surface area (Å²) in [6.07, 6.45) is 0. The summed E-state index contributed by atoms with van der Waals surface area (Å²) in [4.78, 5) is 5.00. The maximum Gasteiger partial charge on any atom is 0.256 e. The van der Waals surface area contributed by atoms with Crippen LogP contribution in [0.2, 0.25) is 0 Å². The molecule has 0 saturated heterocycles. The lowest BCUT2D eigenvalue weighted by Crippen LogP contribution is -2.58. The highest BCUT2D eigenvalue weighted by Crippen LogP contribution is 2.52. The van der Waals surface area contributed by atoms with Crippen LogP contribution in [-0.2, 0) is 37.9 Å². The summed E-state index contributed by atoms with van der Waals surface area (Å²) >= 11 is 0. The zero-order valence-electron chi connectivity index (χ0n) is 56.1. The molecule has 0 unspecified atom stereocenters. The highest BCUT2D eigenvalue weighted by Gasteiger charge is 2.43. The van der Waals surface area contributed by atoms with Gasteiger partial charge in [0.15, 0.2) is 0 Å². The van der Waals surface area contributed by atoms with Crippen molar-refractivity contribution in [2.75, 3.05) is 9.80 Å². The fraction of sp³-hybridized carbons (Fsp3) is 0.341. The normalized spacial score (nSPS) is 13.6. The Bertz CT molecular complexity index is 4050. The number of hydrogen-bond acceptors (Lipinski definition) is 3. The third kappa shape index (κ3) is 10.7. The van der Waals surface area contributed by atoms with Gasteiger partial charge in [-0.05, 0) is 196 Å². The summed E-state index contributed by atoms with van der Waals surface area (Å²) < 4.78 is 10.2. The average molecular weight is 1150 g/mol. The van der Waals surface area contributed by atoms with E-state index >= 15 is 0 Å². The van der Waals surface area contributed by atoms with Crippen LogP contribution in [0.3, 0.4) is 0 Å². The van der Waals surface area contributed by atoms with Crippen LogP contribution in [0.1, 0.15) is 184 Å². The molecule has 0 radical (unpaired) electrons. The molecule has 0 amide bonds. The van der Waals surface area contributed by atoms with Gasteiger partial charge in [0, 0.05) is 50.3 Å². The van der Waals surface area contributed by atoms with Crippen LogP contribution >= 0.6 is 0 Å². The minimum absolute atomic E-state index is 0.0288. The van der Waals surface area contributed by atoms with Gasteiger partial charge in [0.1, 0.15) is 11.5 Å². The molecule has 0 atom stereocenters. The molecule has 0 saturated carbocycles. The third-order valence-electron chi connectivity index (χ3n) is 18.7. The third-order valence-corrected chi connectivity index (χ3v) is 18.7. The van der Waals surface area contributed by atoms with Crippen molar-refractivity contribution in [3.05, 3.63) is 215 Å². The lowest BCUT2D eigenvalue weighted by Gasteiger charge is -2.37. The zero-order valence-corrected chi connectivity index (χ0v) is 56.1. The van der Waals surface area contributed by atoms with Gasteiger partial charge in [-0.15, -0.1) is 0 Å². The number of nitrogens with zero attached hydrogens (tertiary/aromatic N) is 3. The number of benzene rings is 9. The quantitative estimate of drug-likeness (QED) is 0.148. The number of fused-ring (bicyclic) bond motifs is 7. The Kier molecular flexibility index (Phi) is 14.0. The standard InChI is InChI=1S/C82H92BN3O/c1-76(2,3)52-25-35-59(36-26-52)84(60-37-27-53(28-38-60)77(4,5)6)68-23-22-24-69(85(61-39-29-54(30-40-61)78(7,8)9)62-41-31-55(32-42-62)79(10,11)12)73(68)51-45-70-74-72(46-51)87-71-44-34-57(81(16,17)18)49-65(71)83(74)66-50-58(82(19,20)21)48-64-63-47-56(80(13,14)15)33-43-67(63)86(70)75(64)66/h22-50H,1-21H3. The highest BCUT2D eigenvalue weighted by molar-refractivity contribution is 6.99. The van der Waals surface area contributed by atoms with Gasteiger partial charge in [-0.25, -0.2) is 0 Å². The van der Waals surface area contributed by atoms with Gasteiger partial charge in [0.2, 0.25) is 0 Å². The van der Waals surface area contributed by atoms with Crippen molar-refractivity contribution in [3.8, 4) is 28.3 Å². The molecule has 1 aromatic heterocycles. The lowest BCUT2D eigenvalue weighted by atomic mass is 9.34. The van der Waals surface area contributed by atoms with Gasteiger partial charge in [-0.1, -0.05) is 224 Å². The van der Waals surface area contributed by atoms with Gasteiger partial charge in [0.05, 0.1) is 16.9 Å². The molecule has 2 aliphatic rings. The van der Waals surface area contributed by atoms with Crippen molar-refractivity contribution in [1.29, 1.82) is 0 Å². The molecule has 4 nitrogen and oxygen atoms in total. The van der Waals surface area contributed by atoms with E-state index in [0.29, 0.717) is 0 Å². The second-order valence-corrected chi connectivity index (χ2v) is 32.5. The largest absolute Gasteiger partial charge is 0.458 e. The first-order valence-corrected chi connectivity index (χ1v) is 31.9. The minimum Gasteiger partial charge on any atom is -0.458 e. The molecule has 0 bridgehead atoms. The van der Waals surface area contributed by atoms with E-state index in [1.165, 1.54) is 77.1 Å². The fourth-order valence-electron chi connectivity index (χ4n) is 13.3. The molecule has 0 aliphatic carbocycles. The van der Waals surface area contributed by atoms with Crippen molar-refractivity contribution in [2.45, 2.75) is 183 Å². The van der Waals surface area contributed by atoms with Crippen LogP contribution < -0.4 is 30.9 Å². The predicted octanol–water partition coefficient (Wildman–Crippen LogP) is 21.4. The summed E-state index contributed by atoms with van der Waals surface area (Å²) in [6, 6.07) is 68.4. The van der Waals surface area contributed by atoms with E-state index in [0.717, 1.165) is 62.4 Å². The Labute approximate surface area is 521 Å². The first-order valence-electron chi connectivity index (χ1n) is 31.9. The zero-order chi connectivity index (χ0) is 62.5. The molecule has 2 aliphatic heterocycles. The number of rotatable bonds is 7. The van der Waals surface area contributed by atoms with Gasteiger partial charge < -0.3 is 19.1 Å². The first-order chi connectivity index (χ1) is 40.6. The van der Waals surface area contributed by atoms with Crippen molar-refractivity contribution in [2.24, 2.45) is 0 Å². The molecule has 0 N–H and O–H groups in total. The van der Waals surface area contributed by atoms with E-state index in [1.807, 2.05) is 0 Å².